The average molecular weight is 622 g/mol. The average Bonchev–Trinajstić information content (AvgIpc) is 3.54. The molecular weight excluding hydrogens is 578 g/mol. The summed E-state index contributed by atoms with van der Waals surface area (Å²) in [6.07, 6.45) is 3.38. The van der Waals surface area contributed by atoms with Crippen molar-refractivity contribution in [1.29, 1.82) is 0 Å². The molecule has 3 aliphatic heterocycles. The van der Waals surface area contributed by atoms with Crippen LogP contribution in [0.25, 0.3) is 11.3 Å². The highest BCUT2D eigenvalue weighted by Gasteiger charge is 2.36. The first-order chi connectivity index (χ1) is 21.4. The van der Waals surface area contributed by atoms with E-state index in [2.05, 4.69) is 46.4 Å². The number of methoxy groups -OCH3 is 1. The van der Waals surface area contributed by atoms with Crippen molar-refractivity contribution < 1.29 is 28.8 Å². The van der Waals surface area contributed by atoms with Crippen LogP contribution in [-0.4, -0.2) is 79.7 Å². The number of aromatic nitrogens is 1. The van der Waals surface area contributed by atoms with Gasteiger partial charge in [-0.2, -0.15) is 0 Å². The number of piperidine rings is 1. The molecule has 10 heteroatoms. The van der Waals surface area contributed by atoms with Crippen LogP contribution in [0.3, 0.4) is 0 Å². The molecule has 0 saturated carbocycles. The van der Waals surface area contributed by atoms with Crippen LogP contribution in [0.15, 0.2) is 35.7 Å². The molecule has 0 spiro atoms. The first-order valence-corrected chi connectivity index (χ1v) is 16.6. The molecular formula is C34H43N3O6S. The zero-order valence-electron chi connectivity index (χ0n) is 25.9. The molecule has 236 valence electrons. The maximum atomic E-state index is 11.7. The Morgan fingerprint density at radius 3 is 2.75 bits per heavy atom. The Morgan fingerprint density at radius 2 is 1.98 bits per heavy atom. The number of nitrogens with zero attached hydrogens (tertiary/aromatic N) is 3. The van der Waals surface area contributed by atoms with Crippen LogP contribution < -0.4 is 14.4 Å². The number of hydrogen-bond donors (Lipinski definition) is 1. The fourth-order valence-corrected chi connectivity index (χ4v) is 7.63. The molecule has 2 fully saturated rings. The van der Waals surface area contributed by atoms with E-state index in [4.69, 9.17) is 23.9 Å². The highest BCUT2D eigenvalue weighted by molar-refractivity contribution is 7.14. The van der Waals surface area contributed by atoms with Gasteiger partial charge in [0.05, 0.1) is 24.8 Å². The molecule has 0 aliphatic carbocycles. The summed E-state index contributed by atoms with van der Waals surface area (Å²) in [5, 5.41) is 12.6. The van der Waals surface area contributed by atoms with Gasteiger partial charge in [-0.05, 0) is 68.9 Å². The van der Waals surface area contributed by atoms with Gasteiger partial charge < -0.3 is 29.0 Å². The molecule has 2 aromatic carbocycles. The number of anilines is 1. The minimum Gasteiger partial charge on any atom is -0.496 e. The van der Waals surface area contributed by atoms with E-state index in [0.29, 0.717) is 38.8 Å². The van der Waals surface area contributed by atoms with Gasteiger partial charge in [0.15, 0.2) is 5.13 Å². The van der Waals surface area contributed by atoms with E-state index >= 15 is 0 Å². The molecule has 9 nitrogen and oxygen atoms in total. The largest absolute Gasteiger partial charge is 0.496 e. The van der Waals surface area contributed by atoms with Crippen LogP contribution in [0.1, 0.15) is 48.4 Å². The van der Waals surface area contributed by atoms with Crippen LogP contribution in [-0.2, 0) is 33.8 Å². The fraction of sp³-hybridized carbons (Fsp3) is 0.529. The Balaban J connectivity index is 1.17. The molecule has 0 bridgehead atoms. The summed E-state index contributed by atoms with van der Waals surface area (Å²) in [5.74, 6) is 0.434. The smallest absolute Gasteiger partial charge is 0.309 e. The van der Waals surface area contributed by atoms with Gasteiger partial charge in [-0.1, -0.05) is 17.7 Å². The molecule has 0 radical (unpaired) electrons. The number of rotatable bonds is 10. The van der Waals surface area contributed by atoms with Crippen LogP contribution in [0.4, 0.5) is 5.13 Å². The summed E-state index contributed by atoms with van der Waals surface area (Å²) in [6.45, 7) is 9.72. The highest BCUT2D eigenvalue weighted by Crippen LogP contribution is 2.37. The summed E-state index contributed by atoms with van der Waals surface area (Å²) in [5.41, 5.74) is 6.66. The summed E-state index contributed by atoms with van der Waals surface area (Å²) in [4.78, 5) is 21.5. The Labute approximate surface area is 263 Å². The molecule has 3 aliphatic rings. The van der Waals surface area contributed by atoms with Crippen LogP contribution in [0.5, 0.6) is 11.5 Å². The minimum atomic E-state index is -0.794. The lowest BCUT2D eigenvalue weighted by molar-refractivity contribution is -0.148. The molecule has 6 rings (SSSR count). The van der Waals surface area contributed by atoms with Gasteiger partial charge in [-0.15, -0.1) is 11.3 Å². The Hall–Kier alpha value is -3.18. The number of carboxylic acid groups (broad SMARTS) is 1. The van der Waals surface area contributed by atoms with E-state index in [-0.39, 0.29) is 6.10 Å². The number of benzene rings is 2. The Morgan fingerprint density at radius 1 is 1.14 bits per heavy atom. The molecule has 1 N–H and O–H groups in total. The van der Waals surface area contributed by atoms with Crippen molar-refractivity contribution in [2.75, 3.05) is 51.5 Å². The summed E-state index contributed by atoms with van der Waals surface area (Å²) in [6, 6.07) is 11.2. The summed E-state index contributed by atoms with van der Waals surface area (Å²) in [7, 11) is 1.76. The summed E-state index contributed by atoms with van der Waals surface area (Å²) >= 11 is 1.57. The van der Waals surface area contributed by atoms with Crippen molar-refractivity contribution in [1.82, 2.24) is 9.88 Å². The lowest BCUT2D eigenvalue weighted by Gasteiger charge is -2.38. The fourth-order valence-electron chi connectivity index (χ4n) is 6.76. The van der Waals surface area contributed by atoms with Crippen molar-refractivity contribution in [3.05, 3.63) is 58.0 Å². The van der Waals surface area contributed by atoms with Crippen molar-refractivity contribution >= 4 is 22.4 Å². The van der Waals surface area contributed by atoms with Gasteiger partial charge in [0.2, 0.25) is 0 Å². The van der Waals surface area contributed by atoms with Gasteiger partial charge in [0.1, 0.15) is 18.1 Å². The number of aliphatic carboxylic acids is 1. The number of thiazole rings is 1. The SMILES string of the molecule is CCO[C@@H]1CN(c2nc(-c3cc(C)ccc3OCc3cc4c(c(OC)c3)CN(C3CCOCC3)CC4)cs2)CC[C@@H]1C(=O)O. The monoisotopic (exact) mass is 621 g/mol. The molecule has 2 atom stereocenters. The van der Waals surface area contributed by atoms with Gasteiger partial charge in [0.25, 0.3) is 0 Å². The van der Waals surface area contributed by atoms with Crippen LogP contribution in [0, 0.1) is 12.8 Å². The number of fused-ring (bicyclic) bond motifs is 1. The second-order valence-electron chi connectivity index (χ2n) is 12.0. The second-order valence-corrected chi connectivity index (χ2v) is 12.8. The van der Waals surface area contributed by atoms with Gasteiger partial charge >= 0.3 is 5.97 Å². The van der Waals surface area contributed by atoms with Gasteiger partial charge in [0, 0.05) is 68.5 Å². The van der Waals surface area contributed by atoms with E-state index in [1.165, 1.54) is 11.1 Å². The zero-order valence-corrected chi connectivity index (χ0v) is 26.7. The van der Waals surface area contributed by atoms with E-state index in [9.17, 15) is 9.90 Å². The molecule has 4 heterocycles. The van der Waals surface area contributed by atoms with Crippen molar-refractivity contribution in [2.45, 2.75) is 64.8 Å². The molecule has 0 amide bonds. The van der Waals surface area contributed by atoms with E-state index in [1.54, 1.807) is 18.4 Å². The number of hydrogen-bond acceptors (Lipinski definition) is 9. The first-order valence-electron chi connectivity index (χ1n) is 15.7. The molecule has 44 heavy (non-hydrogen) atoms. The lowest BCUT2D eigenvalue weighted by atomic mass is 9.94. The third-order valence-corrected chi connectivity index (χ3v) is 10.0. The maximum Gasteiger partial charge on any atom is 0.309 e. The van der Waals surface area contributed by atoms with E-state index < -0.39 is 11.9 Å². The Kier molecular flexibility index (Phi) is 9.71. The maximum absolute atomic E-state index is 11.7. The normalized spacial score (nSPS) is 21.2. The third-order valence-electron chi connectivity index (χ3n) is 9.14. The second kappa shape index (κ2) is 13.9. The van der Waals surface area contributed by atoms with Crippen molar-refractivity contribution in [2.24, 2.45) is 5.92 Å². The molecule has 0 unspecified atom stereocenters. The van der Waals surface area contributed by atoms with Gasteiger partial charge in [-0.3, -0.25) is 9.69 Å². The topological polar surface area (TPSA) is 93.6 Å². The standard InChI is InChI=1S/C34H43N3O6S/c1-4-42-32-19-37(12-8-26(32)33(38)39)34-35-29(21-44-34)27-15-22(2)5-6-30(27)43-20-23-16-24-7-11-36(25-9-13-41-14-10-25)18-28(24)31(17-23)40-3/h5-6,15-17,21,25-26,32H,4,7-14,18-20H2,1-3H3,(H,38,39)/t26-,32+/m0/s1. The number of aryl methyl sites for hydroxylation is 1. The predicted octanol–water partition coefficient (Wildman–Crippen LogP) is 5.56. The number of carboxylic acids is 1. The van der Waals surface area contributed by atoms with Gasteiger partial charge in [-0.25, -0.2) is 4.98 Å². The number of ether oxygens (including phenoxy) is 4. The van der Waals surface area contributed by atoms with E-state index in [1.807, 2.05) is 13.0 Å². The molecule has 3 aromatic rings. The first kappa shape index (κ1) is 30.8. The van der Waals surface area contributed by atoms with Crippen LogP contribution >= 0.6 is 11.3 Å². The van der Waals surface area contributed by atoms with Crippen molar-refractivity contribution in [3.8, 4) is 22.8 Å². The zero-order chi connectivity index (χ0) is 30.6. The lowest BCUT2D eigenvalue weighted by Crippen LogP contribution is -2.48. The third kappa shape index (κ3) is 6.73. The molecule has 2 saturated heterocycles. The van der Waals surface area contributed by atoms with Crippen molar-refractivity contribution in [3.63, 3.8) is 0 Å². The van der Waals surface area contributed by atoms with E-state index in [0.717, 1.165) is 84.6 Å². The molecule has 1 aromatic heterocycles. The Bertz CT molecular complexity index is 1440. The number of carbonyl (C=O) groups is 1. The quantitative estimate of drug-likeness (QED) is 0.312. The minimum absolute atomic E-state index is 0.352. The predicted molar refractivity (Wildman–Crippen MR) is 171 cm³/mol. The summed E-state index contributed by atoms with van der Waals surface area (Å²) < 4.78 is 23.8. The highest BCUT2D eigenvalue weighted by atomic mass is 32.1. The van der Waals surface area contributed by atoms with Crippen LogP contribution in [0.2, 0.25) is 0 Å².